The van der Waals surface area contributed by atoms with Gasteiger partial charge in [0, 0.05) is 10.0 Å². The molecule has 0 aliphatic rings. The SMILES string of the molecule is O=C(NN=Cc1c(OCc2ccc(F)cc2)ccc2ccccc12)c1ccccc1Br. The van der Waals surface area contributed by atoms with Crippen molar-refractivity contribution in [1.82, 2.24) is 5.43 Å². The lowest BCUT2D eigenvalue weighted by molar-refractivity contribution is 0.0954. The second kappa shape index (κ2) is 9.53. The summed E-state index contributed by atoms with van der Waals surface area (Å²) < 4.78 is 19.8. The molecule has 4 rings (SSSR count). The van der Waals surface area contributed by atoms with E-state index in [1.807, 2.05) is 42.5 Å². The minimum absolute atomic E-state index is 0.281. The summed E-state index contributed by atoms with van der Waals surface area (Å²) in [5.74, 6) is 0.00253. The van der Waals surface area contributed by atoms with Crippen molar-refractivity contribution in [3.63, 3.8) is 0 Å². The third kappa shape index (κ3) is 4.98. The van der Waals surface area contributed by atoms with E-state index in [-0.39, 0.29) is 18.3 Å². The molecule has 4 aromatic rings. The first kappa shape index (κ1) is 20.8. The van der Waals surface area contributed by atoms with Crippen LogP contribution in [-0.2, 0) is 6.61 Å². The van der Waals surface area contributed by atoms with Gasteiger partial charge in [0.05, 0.1) is 11.8 Å². The second-order valence-electron chi connectivity index (χ2n) is 6.79. The van der Waals surface area contributed by atoms with Crippen molar-refractivity contribution in [2.75, 3.05) is 0 Å². The summed E-state index contributed by atoms with van der Waals surface area (Å²) in [5, 5.41) is 6.13. The predicted molar refractivity (Wildman–Crippen MR) is 124 cm³/mol. The number of hydrogen-bond donors (Lipinski definition) is 1. The summed E-state index contributed by atoms with van der Waals surface area (Å²) in [5.41, 5.74) is 4.64. The second-order valence-corrected chi connectivity index (χ2v) is 7.65. The molecule has 0 unspecified atom stereocenters. The number of benzene rings is 4. The van der Waals surface area contributed by atoms with E-state index in [1.165, 1.54) is 12.1 Å². The highest BCUT2D eigenvalue weighted by Gasteiger charge is 2.10. The standard InChI is InChI=1S/C25H18BrFN2O2/c26-23-8-4-3-7-21(23)25(30)29-28-15-22-20-6-2-1-5-18(20)11-14-24(22)31-16-17-9-12-19(27)13-10-17/h1-15H,16H2,(H,29,30). The molecule has 154 valence electrons. The normalized spacial score (nSPS) is 11.0. The maximum absolute atomic E-state index is 13.1. The van der Waals surface area contributed by atoms with Gasteiger partial charge in [-0.15, -0.1) is 0 Å². The van der Waals surface area contributed by atoms with Crippen molar-refractivity contribution >= 4 is 38.8 Å². The van der Waals surface area contributed by atoms with E-state index < -0.39 is 0 Å². The number of amides is 1. The Balaban J connectivity index is 1.59. The predicted octanol–water partition coefficient (Wildman–Crippen LogP) is 6.08. The van der Waals surface area contributed by atoms with E-state index in [0.717, 1.165) is 21.9 Å². The fraction of sp³-hybridized carbons (Fsp3) is 0.0400. The molecule has 0 spiro atoms. The lowest BCUT2D eigenvalue weighted by Gasteiger charge is -2.12. The zero-order valence-corrected chi connectivity index (χ0v) is 18.0. The number of hydrogen-bond acceptors (Lipinski definition) is 3. The smallest absolute Gasteiger partial charge is 0.272 e. The topological polar surface area (TPSA) is 50.7 Å². The highest BCUT2D eigenvalue weighted by molar-refractivity contribution is 9.10. The molecule has 0 radical (unpaired) electrons. The van der Waals surface area contributed by atoms with Gasteiger partial charge >= 0.3 is 0 Å². The first-order chi connectivity index (χ1) is 15.1. The molecule has 6 heteroatoms. The number of carbonyl (C=O) groups excluding carboxylic acids is 1. The Morgan fingerprint density at radius 1 is 0.968 bits per heavy atom. The van der Waals surface area contributed by atoms with Crippen LogP contribution in [0.3, 0.4) is 0 Å². The van der Waals surface area contributed by atoms with Gasteiger partial charge in [0.2, 0.25) is 0 Å². The van der Waals surface area contributed by atoms with Crippen molar-refractivity contribution in [1.29, 1.82) is 0 Å². The van der Waals surface area contributed by atoms with Crippen LogP contribution in [0.1, 0.15) is 21.5 Å². The number of nitrogens with one attached hydrogen (secondary N) is 1. The van der Waals surface area contributed by atoms with Gasteiger partial charge in [-0.3, -0.25) is 4.79 Å². The van der Waals surface area contributed by atoms with E-state index in [9.17, 15) is 9.18 Å². The Bertz CT molecular complexity index is 1260. The quantitative estimate of drug-likeness (QED) is 0.270. The molecule has 1 N–H and O–H groups in total. The van der Waals surface area contributed by atoms with Crippen LogP contribution in [-0.4, -0.2) is 12.1 Å². The van der Waals surface area contributed by atoms with E-state index >= 15 is 0 Å². The molecule has 4 nitrogen and oxygen atoms in total. The molecule has 0 fully saturated rings. The fourth-order valence-corrected chi connectivity index (χ4v) is 3.60. The van der Waals surface area contributed by atoms with Crippen molar-refractivity contribution in [3.05, 3.63) is 112 Å². The molecule has 0 aliphatic heterocycles. The molecule has 0 aromatic heterocycles. The average molecular weight is 477 g/mol. The van der Waals surface area contributed by atoms with Gasteiger partial charge in [0.25, 0.3) is 5.91 Å². The van der Waals surface area contributed by atoms with Crippen LogP contribution in [0.15, 0.2) is 94.5 Å². The summed E-state index contributed by atoms with van der Waals surface area (Å²) in [4.78, 5) is 12.4. The van der Waals surface area contributed by atoms with Crippen LogP contribution >= 0.6 is 15.9 Å². The summed E-state index contributed by atoms with van der Waals surface area (Å²) in [6.07, 6.45) is 1.58. The Morgan fingerprint density at radius 2 is 1.71 bits per heavy atom. The van der Waals surface area contributed by atoms with Crippen LogP contribution in [0.4, 0.5) is 4.39 Å². The minimum atomic E-state index is -0.322. The highest BCUT2D eigenvalue weighted by atomic mass is 79.9. The van der Waals surface area contributed by atoms with Crippen LogP contribution < -0.4 is 10.2 Å². The van der Waals surface area contributed by atoms with Crippen LogP contribution in [0.5, 0.6) is 5.75 Å². The number of carbonyl (C=O) groups is 1. The Kier molecular flexibility index (Phi) is 6.38. The maximum Gasteiger partial charge on any atom is 0.272 e. The molecule has 0 aliphatic carbocycles. The van der Waals surface area contributed by atoms with E-state index in [4.69, 9.17) is 4.74 Å². The van der Waals surface area contributed by atoms with Crippen LogP contribution in [0.2, 0.25) is 0 Å². The molecular weight excluding hydrogens is 459 g/mol. The number of rotatable bonds is 6. The molecule has 1 amide bonds. The van der Waals surface area contributed by atoms with Gasteiger partial charge < -0.3 is 4.74 Å². The van der Waals surface area contributed by atoms with E-state index in [0.29, 0.717) is 15.8 Å². The van der Waals surface area contributed by atoms with Gasteiger partial charge in [0.15, 0.2) is 0 Å². The average Bonchev–Trinajstić information content (AvgIpc) is 2.79. The third-order valence-corrected chi connectivity index (χ3v) is 5.41. The Labute approximate surface area is 187 Å². The van der Waals surface area contributed by atoms with Gasteiger partial charge in [-0.25, -0.2) is 9.82 Å². The van der Waals surface area contributed by atoms with Gasteiger partial charge in [0.1, 0.15) is 18.2 Å². The molecular formula is C25H18BrFN2O2. The summed E-state index contributed by atoms with van der Waals surface area (Å²) >= 11 is 3.37. The molecule has 31 heavy (non-hydrogen) atoms. The van der Waals surface area contributed by atoms with Crippen molar-refractivity contribution in [3.8, 4) is 5.75 Å². The first-order valence-corrected chi connectivity index (χ1v) is 10.4. The maximum atomic E-state index is 13.1. The Morgan fingerprint density at radius 3 is 2.52 bits per heavy atom. The van der Waals surface area contributed by atoms with Crippen molar-refractivity contribution in [2.24, 2.45) is 5.10 Å². The largest absolute Gasteiger partial charge is 0.488 e. The van der Waals surface area contributed by atoms with Crippen LogP contribution in [0.25, 0.3) is 10.8 Å². The number of nitrogens with zero attached hydrogens (tertiary/aromatic N) is 1. The lowest BCUT2D eigenvalue weighted by Crippen LogP contribution is -2.18. The summed E-state index contributed by atoms with van der Waals surface area (Å²) in [6.45, 7) is 0.281. The molecule has 0 saturated carbocycles. The lowest BCUT2D eigenvalue weighted by atomic mass is 10.0. The van der Waals surface area contributed by atoms with E-state index in [1.54, 1.807) is 36.5 Å². The zero-order valence-electron chi connectivity index (χ0n) is 16.4. The highest BCUT2D eigenvalue weighted by Crippen LogP contribution is 2.27. The van der Waals surface area contributed by atoms with Crippen molar-refractivity contribution < 1.29 is 13.9 Å². The number of ether oxygens (including phenoxy) is 1. The zero-order chi connectivity index (χ0) is 21.6. The Hall–Kier alpha value is -3.51. The molecule has 4 aromatic carbocycles. The van der Waals surface area contributed by atoms with Gasteiger partial charge in [-0.1, -0.05) is 54.6 Å². The van der Waals surface area contributed by atoms with Crippen LogP contribution in [0, 0.1) is 5.82 Å². The monoisotopic (exact) mass is 476 g/mol. The van der Waals surface area contributed by atoms with Gasteiger partial charge in [-0.2, -0.15) is 5.10 Å². The number of hydrazone groups is 1. The summed E-state index contributed by atoms with van der Waals surface area (Å²) in [6, 6.07) is 25.0. The molecule has 0 atom stereocenters. The third-order valence-electron chi connectivity index (χ3n) is 4.72. The minimum Gasteiger partial charge on any atom is -0.488 e. The molecule has 0 bridgehead atoms. The van der Waals surface area contributed by atoms with Crippen molar-refractivity contribution in [2.45, 2.75) is 6.61 Å². The molecule has 0 heterocycles. The molecule has 0 saturated heterocycles. The summed E-state index contributed by atoms with van der Waals surface area (Å²) in [7, 11) is 0. The van der Waals surface area contributed by atoms with E-state index in [2.05, 4.69) is 26.5 Å². The number of fused-ring (bicyclic) bond motifs is 1. The first-order valence-electron chi connectivity index (χ1n) is 9.59. The fourth-order valence-electron chi connectivity index (χ4n) is 3.14. The number of halogens is 2. The van der Waals surface area contributed by atoms with Gasteiger partial charge in [-0.05, 0) is 62.6 Å².